The van der Waals surface area contributed by atoms with Crippen LogP contribution in [0.3, 0.4) is 0 Å². The fourth-order valence-corrected chi connectivity index (χ4v) is 4.92. The third kappa shape index (κ3) is 5.55. The lowest BCUT2D eigenvalue weighted by Crippen LogP contribution is -2.32. The smallest absolute Gasteiger partial charge is 0.306 e. The minimum absolute atomic E-state index is 0.0149. The van der Waals surface area contributed by atoms with E-state index in [4.69, 9.17) is 4.74 Å². The minimum atomic E-state index is -0.980. The van der Waals surface area contributed by atoms with Crippen molar-refractivity contribution >= 4 is 14.0 Å². The molecule has 106 valence electrons. The van der Waals surface area contributed by atoms with Gasteiger partial charge in [-0.25, -0.2) is 0 Å². The van der Waals surface area contributed by atoms with Crippen LogP contribution in [0.25, 0.3) is 0 Å². The van der Waals surface area contributed by atoms with Crippen LogP contribution in [0.15, 0.2) is 0 Å². The first-order valence-electron chi connectivity index (χ1n) is 7.30. The summed E-state index contributed by atoms with van der Waals surface area (Å²) in [6, 6.07) is 0. The van der Waals surface area contributed by atoms with Gasteiger partial charge in [-0.2, -0.15) is 0 Å². The van der Waals surface area contributed by atoms with Gasteiger partial charge in [0.05, 0.1) is 0 Å². The van der Waals surface area contributed by atoms with Crippen LogP contribution in [0.2, 0.25) is 25.2 Å². The molecular formula is C15H30O2Si. The SMILES string of the molecule is CC(C)(C)OC(=O)CC1CCC([Si](C)(C)C)CC1. The van der Waals surface area contributed by atoms with E-state index in [2.05, 4.69) is 19.6 Å². The van der Waals surface area contributed by atoms with Crippen LogP contribution in [0.5, 0.6) is 0 Å². The molecule has 1 saturated carbocycles. The van der Waals surface area contributed by atoms with Crippen molar-refractivity contribution in [2.75, 3.05) is 0 Å². The molecule has 0 unspecified atom stereocenters. The van der Waals surface area contributed by atoms with E-state index >= 15 is 0 Å². The standard InChI is InChI=1S/C15H30O2Si/c1-15(2,3)17-14(16)11-12-7-9-13(10-8-12)18(4,5)6/h12-13H,7-11H2,1-6H3. The van der Waals surface area contributed by atoms with E-state index in [1.807, 2.05) is 20.8 Å². The van der Waals surface area contributed by atoms with Gasteiger partial charge in [0.15, 0.2) is 0 Å². The number of carbonyl (C=O) groups is 1. The van der Waals surface area contributed by atoms with E-state index < -0.39 is 8.07 Å². The molecule has 0 radical (unpaired) electrons. The van der Waals surface area contributed by atoms with Gasteiger partial charge in [0.2, 0.25) is 0 Å². The Morgan fingerprint density at radius 3 is 2.00 bits per heavy atom. The molecule has 2 nitrogen and oxygen atoms in total. The summed E-state index contributed by atoms with van der Waals surface area (Å²) in [5.41, 5.74) is 0.611. The molecule has 1 fully saturated rings. The van der Waals surface area contributed by atoms with Crippen LogP contribution in [0.1, 0.15) is 52.9 Å². The highest BCUT2D eigenvalue weighted by atomic mass is 28.3. The molecule has 0 aromatic rings. The summed E-state index contributed by atoms with van der Waals surface area (Å²) >= 11 is 0. The third-order valence-electron chi connectivity index (χ3n) is 3.95. The molecule has 3 heteroatoms. The average Bonchev–Trinajstić information content (AvgIpc) is 2.13. The summed E-state index contributed by atoms with van der Waals surface area (Å²) in [4.78, 5) is 11.8. The zero-order chi connectivity index (χ0) is 14.0. The number of hydrogen-bond acceptors (Lipinski definition) is 2. The first-order valence-corrected chi connectivity index (χ1v) is 10.9. The summed E-state index contributed by atoms with van der Waals surface area (Å²) in [6.07, 6.45) is 5.70. The number of carbonyl (C=O) groups excluding carboxylic acids is 1. The maximum absolute atomic E-state index is 11.8. The summed E-state index contributed by atoms with van der Waals surface area (Å²) in [5.74, 6) is 0.548. The van der Waals surface area contributed by atoms with Gasteiger partial charge in [-0.15, -0.1) is 0 Å². The van der Waals surface area contributed by atoms with Crippen molar-refractivity contribution in [3.05, 3.63) is 0 Å². The highest BCUT2D eigenvalue weighted by Gasteiger charge is 2.32. The topological polar surface area (TPSA) is 26.3 Å². The maximum Gasteiger partial charge on any atom is 0.306 e. The average molecular weight is 270 g/mol. The first kappa shape index (κ1) is 15.7. The van der Waals surface area contributed by atoms with Gasteiger partial charge in [0.1, 0.15) is 5.60 Å². The fourth-order valence-electron chi connectivity index (χ4n) is 2.85. The summed E-state index contributed by atoms with van der Waals surface area (Å²) < 4.78 is 5.40. The van der Waals surface area contributed by atoms with Crippen molar-refractivity contribution < 1.29 is 9.53 Å². The van der Waals surface area contributed by atoms with E-state index in [-0.39, 0.29) is 11.6 Å². The number of ether oxygens (including phenoxy) is 1. The van der Waals surface area contributed by atoms with Crippen LogP contribution in [-0.2, 0) is 9.53 Å². The van der Waals surface area contributed by atoms with E-state index in [1.54, 1.807) is 0 Å². The molecule has 1 aliphatic rings. The second-order valence-electron chi connectivity index (χ2n) is 7.87. The highest BCUT2D eigenvalue weighted by Crippen LogP contribution is 2.40. The van der Waals surface area contributed by atoms with Gasteiger partial charge >= 0.3 is 5.97 Å². The van der Waals surface area contributed by atoms with Crippen molar-refractivity contribution in [3.8, 4) is 0 Å². The van der Waals surface area contributed by atoms with E-state index in [9.17, 15) is 4.79 Å². The zero-order valence-electron chi connectivity index (χ0n) is 13.0. The largest absolute Gasteiger partial charge is 0.460 e. The monoisotopic (exact) mass is 270 g/mol. The third-order valence-corrected chi connectivity index (χ3v) is 6.97. The molecule has 0 amide bonds. The molecule has 0 bridgehead atoms. The Bertz CT molecular complexity index is 278. The highest BCUT2D eigenvalue weighted by molar-refractivity contribution is 6.77. The van der Waals surface area contributed by atoms with Crippen LogP contribution >= 0.6 is 0 Å². The minimum Gasteiger partial charge on any atom is -0.460 e. The summed E-state index contributed by atoms with van der Waals surface area (Å²) in [5, 5.41) is 0. The van der Waals surface area contributed by atoms with Gasteiger partial charge in [-0.3, -0.25) is 4.79 Å². The molecule has 0 aromatic carbocycles. The molecule has 1 rings (SSSR count). The second-order valence-corrected chi connectivity index (χ2v) is 13.4. The molecule has 18 heavy (non-hydrogen) atoms. The van der Waals surface area contributed by atoms with E-state index in [0.717, 1.165) is 5.54 Å². The van der Waals surface area contributed by atoms with Crippen molar-refractivity contribution in [3.63, 3.8) is 0 Å². The number of esters is 1. The Morgan fingerprint density at radius 1 is 1.11 bits per heavy atom. The van der Waals surface area contributed by atoms with Gasteiger partial charge in [0, 0.05) is 14.5 Å². The molecule has 1 aliphatic carbocycles. The van der Waals surface area contributed by atoms with E-state index in [1.165, 1.54) is 25.7 Å². The predicted molar refractivity (Wildman–Crippen MR) is 79.5 cm³/mol. The Morgan fingerprint density at radius 2 is 1.61 bits per heavy atom. The molecule has 0 aromatic heterocycles. The molecule has 0 spiro atoms. The molecule has 0 saturated heterocycles. The molecule has 0 N–H and O–H groups in total. The van der Waals surface area contributed by atoms with Gasteiger partial charge < -0.3 is 4.74 Å². The molecule has 0 atom stereocenters. The Hall–Kier alpha value is -0.313. The van der Waals surface area contributed by atoms with Gasteiger partial charge in [0.25, 0.3) is 0 Å². The quantitative estimate of drug-likeness (QED) is 0.552. The van der Waals surface area contributed by atoms with Crippen LogP contribution in [0, 0.1) is 5.92 Å². The maximum atomic E-state index is 11.8. The lowest BCUT2D eigenvalue weighted by atomic mass is 9.86. The normalized spacial score (nSPS) is 25.9. The fraction of sp³-hybridized carbons (Fsp3) is 0.933. The van der Waals surface area contributed by atoms with Crippen molar-refractivity contribution in [2.45, 2.75) is 83.7 Å². The van der Waals surface area contributed by atoms with Gasteiger partial charge in [-0.1, -0.05) is 32.5 Å². The van der Waals surface area contributed by atoms with Crippen LogP contribution < -0.4 is 0 Å². The Labute approximate surface area is 113 Å². The van der Waals surface area contributed by atoms with Crippen molar-refractivity contribution in [1.29, 1.82) is 0 Å². The van der Waals surface area contributed by atoms with Gasteiger partial charge in [-0.05, 0) is 45.1 Å². The van der Waals surface area contributed by atoms with Crippen molar-refractivity contribution in [1.82, 2.24) is 0 Å². The lowest BCUT2D eigenvalue weighted by molar-refractivity contribution is -0.156. The van der Waals surface area contributed by atoms with E-state index in [0.29, 0.717) is 12.3 Å². The summed E-state index contributed by atoms with van der Waals surface area (Å²) in [7, 11) is -0.980. The Kier molecular flexibility index (Phi) is 5.04. The zero-order valence-corrected chi connectivity index (χ0v) is 14.0. The predicted octanol–water partition coefficient (Wildman–Crippen LogP) is 4.62. The number of hydrogen-bond donors (Lipinski definition) is 0. The molecule has 0 heterocycles. The molecular weight excluding hydrogens is 240 g/mol. The van der Waals surface area contributed by atoms with Crippen LogP contribution in [0.4, 0.5) is 0 Å². The van der Waals surface area contributed by atoms with Crippen LogP contribution in [-0.4, -0.2) is 19.6 Å². The molecule has 0 aliphatic heterocycles. The first-order chi connectivity index (χ1) is 8.08. The summed E-state index contributed by atoms with van der Waals surface area (Å²) in [6.45, 7) is 13.2. The van der Waals surface area contributed by atoms with Crippen molar-refractivity contribution in [2.24, 2.45) is 5.92 Å². The second kappa shape index (κ2) is 5.77. The lowest BCUT2D eigenvalue weighted by Gasteiger charge is -2.35. The number of rotatable bonds is 3. The Balaban J connectivity index is 2.34.